The highest BCUT2D eigenvalue weighted by Crippen LogP contribution is 2.25. The molecule has 2 aliphatic heterocycles. The van der Waals surface area contributed by atoms with E-state index in [1.165, 1.54) is 0 Å². The van der Waals surface area contributed by atoms with Crippen LogP contribution in [0.4, 0.5) is 17.2 Å². The summed E-state index contributed by atoms with van der Waals surface area (Å²) < 4.78 is 7.60. The summed E-state index contributed by atoms with van der Waals surface area (Å²) in [6.45, 7) is 1.87. The van der Waals surface area contributed by atoms with Crippen LogP contribution in [0.3, 0.4) is 0 Å². The number of nitrogens with one attached hydrogen (secondary N) is 3. The Morgan fingerprint density at radius 2 is 1.94 bits per heavy atom. The molecule has 172 valence electrons. The van der Waals surface area contributed by atoms with Gasteiger partial charge in [0.2, 0.25) is 5.91 Å². The van der Waals surface area contributed by atoms with Crippen molar-refractivity contribution in [2.75, 3.05) is 18.5 Å². The van der Waals surface area contributed by atoms with E-state index in [0.717, 1.165) is 42.7 Å². The minimum Gasteiger partial charge on any atom is -0.494 e. The summed E-state index contributed by atoms with van der Waals surface area (Å²) in [4.78, 5) is 20.9. The van der Waals surface area contributed by atoms with Crippen molar-refractivity contribution in [1.82, 2.24) is 25.1 Å². The Labute approximate surface area is 192 Å². The van der Waals surface area contributed by atoms with Crippen LogP contribution in [0.1, 0.15) is 37.1 Å². The first-order chi connectivity index (χ1) is 16.2. The van der Waals surface area contributed by atoms with Crippen molar-refractivity contribution in [2.45, 2.75) is 45.1 Å². The summed E-state index contributed by atoms with van der Waals surface area (Å²) in [6, 6.07) is 8.01. The maximum atomic E-state index is 12.0. The van der Waals surface area contributed by atoms with Crippen LogP contribution in [0.2, 0.25) is 0 Å². The quantitative estimate of drug-likeness (QED) is 0.484. The van der Waals surface area contributed by atoms with Gasteiger partial charge in [0.15, 0.2) is 5.82 Å². The fourth-order valence-corrected chi connectivity index (χ4v) is 3.54. The Morgan fingerprint density at radius 3 is 2.79 bits per heavy atom. The van der Waals surface area contributed by atoms with Crippen LogP contribution in [0, 0.1) is 5.53 Å². The minimum atomic E-state index is 0.0619. The molecular formula is C23H28N8O2. The molecule has 0 unspecified atom stereocenters. The number of amides is 1. The molecule has 1 amide bonds. The molecule has 5 rings (SSSR count). The Bertz CT molecular complexity index is 1080. The molecule has 3 N–H and O–H groups in total. The number of nitrogens with zero attached hydrogens (tertiary/aromatic N) is 5. The molecular weight excluding hydrogens is 420 g/mol. The topological polar surface area (TPSA) is 130 Å². The van der Waals surface area contributed by atoms with E-state index in [1.54, 1.807) is 12.4 Å². The van der Waals surface area contributed by atoms with Gasteiger partial charge in [-0.25, -0.2) is 15.5 Å². The first kappa shape index (κ1) is 22.4. The average Bonchev–Trinajstić information content (AvgIpc) is 3.28. The molecule has 1 aromatic carbocycles. The highest BCUT2D eigenvalue weighted by atomic mass is 16.5. The zero-order chi connectivity index (χ0) is 22.9. The van der Waals surface area contributed by atoms with Gasteiger partial charge >= 0.3 is 0 Å². The van der Waals surface area contributed by atoms with Gasteiger partial charge in [0.1, 0.15) is 17.3 Å². The molecule has 10 heteroatoms. The Morgan fingerprint density at radius 1 is 1.06 bits per heavy atom. The van der Waals surface area contributed by atoms with E-state index < -0.39 is 0 Å². The second kappa shape index (κ2) is 11.2. The number of aryl methyl sites for hydroxylation is 3. The number of aromatic nitrogens is 4. The SMILES string of the molecule is N=Nc1cnc2nc1Nc1cnn(c1)CCCNC(=O)CCCCOc1ccc(cc1)CC2. The van der Waals surface area contributed by atoms with Crippen molar-refractivity contribution in [2.24, 2.45) is 5.11 Å². The number of benzene rings is 1. The maximum absolute atomic E-state index is 12.0. The van der Waals surface area contributed by atoms with Crippen molar-refractivity contribution in [1.29, 1.82) is 5.53 Å². The summed E-state index contributed by atoms with van der Waals surface area (Å²) in [5.41, 5.74) is 9.69. The van der Waals surface area contributed by atoms with Gasteiger partial charge in [-0.1, -0.05) is 12.1 Å². The average molecular weight is 449 g/mol. The number of rotatable bonds is 1. The molecule has 0 saturated carbocycles. The van der Waals surface area contributed by atoms with Gasteiger partial charge in [0, 0.05) is 32.1 Å². The minimum absolute atomic E-state index is 0.0619. The summed E-state index contributed by atoms with van der Waals surface area (Å²) >= 11 is 0. The maximum Gasteiger partial charge on any atom is 0.219 e. The van der Waals surface area contributed by atoms with Gasteiger partial charge < -0.3 is 15.4 Å². The summed E-state index contributed by atoms with van der Waals surface area (Å²) in [6.07, 6.45) is 9.48. The van der Waals surface area contributed by atoms with E-state index in [0.29, 0.717) is 49.9 Å². The van der Waals surface area contributed by atoms with Gasteiger partial charge in [0.25, 0.3) is 0 Å². The molecule has 10 nitrogen and oxygen atoms in total. The van der Waals surface area contributed by atoms with Crippen molar-refractivity contribution < 1.29 is 9.53 Å². The molecule has 6 bridgehead atoms. The fourth-order valence-electron chi connectivity index (χ4n) is 3.54. The second-order valence-electron chi connectivity index (χ2n) is 7.90. The van der Waals surface area contributed by atoms with Crippen LogP contribution >= 0.6 is 0 Å². The molecule has 2 aliphatic rings. The number of ether oxygens (including phenoxy) is 1. The summed E-state index contributed by atoms with van der Waals surface area (Å²) in [7, 11) is 0. The van der Waals surface area contributed by atoms with E-state index in [4.69, 9.17) is 10.3 Å². The predicted molar refractivity (Wildman–Crippen MR) is 123 cm³/mol. The fraction of sp³-hybridized carbons (Fsp3) is 0.391. The third kappa shape index (κ3) is 6.58. The number of carbonyl (C=O) groups is 1. The van der Waals surface area contributed by atoms with Gasteiger partial charge in [0.05, 0.1) is 24.7 Å². The van der Waals surface area contributed by atoms with Gasteiger partial charge in [-0.2, -0.15) is 10.2 Å². The molecule has 4 heterocycles. The number of carbonyl (C=O) groups excluding carboxylic acids is 1. The first-order valence-electron chi connectivity index (χ1n) is 11.2. The van der Waals surface area contributed by atoms with Gasteiger partial charge in [-0.3, -0.25) is 9.48 Å². The summed E-state index contributed by atoms with van der Waals surface area (Å²) in [5.74, 6) is 2.04. The normalized spacial score (nSPS) is 15.7. The zero-order valence-corrected chi connectivity index (χ0v) is 18.5. The van der Waals surface area contributed by atoms with Crippen molar-refractivity contribution in [3.63, 3.8) is 0 Å². The van der Waals surface area contributed by atoms with E-state index in [1.807, 2.05) is 35.1 Å². The third-order valence-corrected chi connectivity index (χ3v) is 5.35. The largest absolute Gasteiger partial charge is 0.494 e. The molecule has 0 spiro atoms. The van der Waals surface area contributed by atoms with Crippen LogP contribution in [0.25, 0.3) is 0 Å². The van der Waals surface area contributed by atoms with E-state index in [2.05, 4.69) is 30.8 Å². The number of hydrogen-bond acceptors (Lipinski definition) is 8. The van der Waals surface area contributed by atoms with Crippen LogP contribution in [0.15, 0.2) is 48.0 Å². The highest BCUT2D eigenvalue weighted by molar-refractivity contribution is 5.75. The van der Waals surface area contributed by atoms with E-state index >= 15 is 0 Å². The monoisotopic (exact) mass is 448 g/mol. The molecule has 33 heavy (non-hydrogen) atoms. The van der Waals surface area contributed by atoms with Crippen molar-refractivity contribution in [3.05, 3.63) is 54.2 Å². The number of anilines is 2. The second-order valence-corrected chi connectivity index (χ2v) is 7.90. The molecule has 0 aliphatic carbocycles. The van der Waals surface area contributed by atoms with Crippen LogP contribution in [0.5, 0.6) is 5.75 Å². The Hall–Kier alpha value is -3.82. The predicted octanol–water partition coefficient (Wildman–Crippen LogP) is 3.93. The third-order valence-electron chi connectivity index (χ3n) is 5.35. The number of hydrogen-bond donors (Lipinski definition) is 3. The van der Waals surface area contributed by atoms with Gasteiger partial charge in [-0.05, 0) is 43.4 Å². The Balaban J connectivity index is 1.49. The zero-order valence-electron chi connectivity index (χ0n) is 18.5. The van der Waals surface area contributed by atoms with Crippen molar-refractivity contribution in [3.8, 4) is 5.75 Å². The van der Waals surface area contributed by atoms with Crippen LogP contribution in [-0.2, 0) is 24.2 Å². The van der Waals surface area contributed by atoms with Crippen LogP contribution < -0.4 is 15.4 Å². The molecule has 0 atom stereocenters. The standard InChI is InChI=1S/C23H28N8O2/c24-30-20-15-26-21-10-7-17-5-8-19(9-6-17)33-13-2-1-4-22(32)25-11-3-12-31-16-18(14-27-31)28-23(20)29-21/h5-6,8-9,14-16,24H,1-4,7,10-13H2,(H,25,32)(H,26,28,29). The molecule has 0 radical (unpaired) electrons. The van der Waals surface area contributed by atoms with Crippen LogP contribution in [-0.4, -0.2) is 38.8 Å². The Kier molecular flexibility index (Phi) is 7.57. The molecule has 3 aromatic rings. The first-order valence-corrected chi connectivity index (χ1v) is 11.2. The summed E-state index contributed by atoms with van der Waals surface area (Å²) in [5, 5.41) is 14.0. The molecule has 0 fully saturated rings. The van der Waals surface area contributed by atoms with Crippen molar-refractivity contribution >= 4 is 23.1 Å². The number of fused-ring (bicyclic) bond motifs is 12. The molecule has 0 saturated heterocycles. The smallest absolute Gasteiger partial charge is 0.219 e. The lowest BCUT2D eigenvalue weighted by atomic mass is 10.1. The van der Waals surface area contributed by atoms with Gasteiger partial charge in [-0.15, -0.1) is 0 Å². The lowest BCUT2D eigenvalue weighted by Crippen LogP contribution is -2.25. The van der Waals surface area contributed by atoms with E-state index in [-0.39, 0.29) is 5.91 Å². The lowest BCUT2D eigenvalue weighted by Gasteiger charge is -2.09. The molecule has 2 aromatic heterocycles. The van der Waals surface area contributed by atoms with E-state index in [9.17, 15) is 4.79 Å². The lowest BCUT2D eigenvalue weighted by molar-refractivity contribution is -0.121. The highest BCUT2D eigenvalue weighted by Gasteiger charge is 2.10.